The minimum Gasteiger partial charge on any atom is -0.342 e. The van der Waals surface area contributed by atoms with Gasteiger partial charge < -0.3 is 4.90 Å². The number of hydrogen-bond donors (Lipinski definition) is 0. The standard InChI is InChI=1S/C8H15NO.C2H2/c1-7(2)8(10)9-5-3-4-6-9;1-2/h7H,3-6H2,1-2H3;1-2H. The Kier molecular flexibility index (Phi) is 5.19. The Hall–Kier alpha value is -0.970. The lowest BCUT2D eigenvalue weighted by Gasteiger charge is -2.17. The molecule has 0 unspecified atom stereocenters. The number of amides is 1. The first-order chi connectivity index (χ1) is 5.72. The molecule has 0 N–H and O–H groups in total. The van der Waals surface area contributed by atoms with Crippen molar-refractivity contribution >= 4 is 5.91 Å². The molecule has 0 aromatic carbocycles. The van der Waals surface area contributed by atoms with Crippen molar-refractivity contribution in [3.63, 3.8) is 0 Å². The van der Waals surface area contributed by atoms with Crippen LogP contribution in [0.3, 0.4) is 0 Å². The third-order valence-corrected chi connectivity index (χ3v) is 1.91. The lowest BCUT2D eigenvalue weighted by molar-refractivity contribution is -0.133. The second kappa shape index (κ2) is 5.65. The van der Waals surface area contributed by atoms with Crippen LogP contribution in [0.4, 0.5) is 0 Å². The van der Waals surface area contributed by atoms with E-state index in [1.54, 1.807) is 0 Å². The average molecular weight is 167 g/mol. The van der Waals surface area contributed by atoms with Crippen LogP contribution in [0.5, 0.6) is 0 Å². The van der Waals surface area contributed by atoms with Gasteiger partial charge in [0.05, 0.1) is 0 Å². The van der Waals surface area contributed by atoms with Gasteiger partial charge in [-0.3, -0.25) is 4.79 Å². The molecule has 1 rings (SSSR count). The summed E-state index contributed by atoms with van der Waals surface area (Å²) in [6, 6.07) is 0. The number of carbonyl (C=O) groups excluding carboxylic acids is 1. The highest BCUT2D eigenvalue weighted by atomic mass is 16.2. The molecular weight excluding hydrogens is 150 g/mol. The number of terminal acetylenes is 1. The topological polar surface area (TPSA) is 20.3 Å². The first-order valence-electron chi connectivity index (χ1n) is 4.34. The maximum atomic E-state index is 11.3. The van der Waals surface area contributed by atoms with Crippen molar-refractivity contribution in [2.75, 3.05) is 13.1 Å². The Morgan fingerprint density at radius 1 is 1.25 bits per heavy atom. The number of likely N-dealkylation sites (tertiary alicyclic amines) is 1. The van der Waals surface area contributed by atoms with Gasteiger partial charge in [0.1, 0.15) is 0 Å². The van der Waals surface area contributed by atoms with Crippen molar-refractivity contribution in [1.29, 1.82) is 0 Å². The van der Waals surface area contributed by atoms with Crippen molar-refractivity contribution < 1.29 is 4.79 Å². The number of nitrogens with zero attached hydrogens (tertiary/aromatic N) is 1. The zero-order valence-corrected chi connectivity index (χ0v) is 7.92. The zero-order valence-electron chi connectivity index (χ0n) is 7.92. The third-order valence-electron chi connectivity index (χ3n) is 1.91. The summed E-state index contributed by atoms with van der Waals surface area (Å²) >= 11 is 0. The highest BCUT2D eigenvalue weighted by Gasteiger charge is 2.19. The molecule has 68 valence electrons. The van der Waals surface area contributed by atoms with E-state index in [0.29, 0.717) is 5.91 Å². The summed E-state index contributed by atoms with van der Waals surface area (Å²) in [5.41, 5.74) is 0. The predicted octanol–water partition coefficient (Wildman–Crippen LogP) is 1.51. The molecule has 0 aromatic rings. The molecule has 12 heavy (non-hydrogen) atoms. The van der Waals surface area contributed by atoms with Crippen LogP contribution in [0.2, 0.25) is 0 Å². The Morgan fingerprint density at radius 3 is 2.00 bits per heavy atom. The summed E-state index contributed by atoms with van der Waals surface area (Å²) in [7, 11) is 0. The predicted molar refractivity (Wildman–Crippen MR) is 50.5 cm³/mol. The summed E-state index contributed by atoms with van der Waals surface area (Å²) in [6.07, 6.45) is 10.4. The summed E-state index contributed by atoms with van der Waals surface area (Å²) in [6.45, 7) is 5.88. The van der Waals surface area contributed by atoms with Crippen LogP contribution in [0.25, 0.3) is 0 Å². The largest absolute Gasteiger partial charge is 0.342 e. The van der Waals surface area contributed by atoms with Crippen LogP contribution in [-0.2, 0) is 4.79 Å². The van der Waals surface area contributed by atoms with Crippen LogP contribution in [-0.4, -0.2) is 23.9 Å². The molecule has 0 saturated carbocycles. The Balaban J connectivity index is 0.000000561. The summed E-state index contributed by atoms with van der Waals surface area (Å²) in [5.74, 6) is 0.496. The van der Waals surface area contributed by atoms with Crippen LogP contribution in [0, 0.1) is 18.8 Å². The molecule has 0 bridgehead atoms. The first-order valence-corrected chi connectivity index (χ1v) is 4.34. The summed E-state index contributed by atoms with van der Waals surface area (Å²) < 4.78 is 0. The monoisotopic (exact) mass is 167 g/mol. The maximum absolute atomic E-state index is 11.3. The van der Waals surface area contributed by atoms with Gasteiger partial charge in [-0.15, -0.1) is 12.8 Å². The van der Waals surface area contributed by atoms with Crippen molar-refractivity contribution in [3.8, 4) is 12.8 Å². The van der Waals surface area contributed by atoms with Gasteiger partial charge >= 0.3 is 0 Å². The lowest BCUT2D eigenvalue weighted by Crippen LogP contribution is -2.31. The van der Waals surface area contributed by atoms with Gasteiger partial charge in [-0.25, -0.2) is 0 Å². The average Bonchev–Trinajstić information content (AvgIpc) is 2.58. The zero-order chi connectivity index (χ0) is 9.56. The molecule has 2 nitrogen and oxygen atoms in total. The smallest absolute Gasteiger partial charge is 0.225 e. The van der Waals surface area contributed by atoms with E-state index < -0.39 is 0 Å². The molecular formula is C10H17NO. The lowest BCUT2D eigenvalue weighted by atomic mass is 10.2. The highest BCUT2D eigenvalue weighted by molar-refractivity contribution is 5.78. The van der Waals surface area contributed by atoms with E-state index in [2.05, 4.69) is 12.8 Å². The quantitative estimate of drug-likeness (QED) is 0.542. The van der Waals surface area contributed by atoms with Crippen molar-refractivity contribution in [2.45, 2.75) is 26.7 Å². The molecule has 1 aliphatic rings. The molecule has 0 aromatic heterocycles. The van der Waals surface area contributed by atoms with Crippen molar-refractivity contribution in [1.82, 2.24) is 4.90 Å². The molecule has 1 amide bonds. The first kappa shape index (κ1) is 11.0. The normalized spacial score (nSPS) is 15.6. The fourth-order valence-electron chi connectivity index (χ4n) is 1.30. The second-order valence-electron chi connectivity index (χ2n) is 3.19. The van der Waals surface area contributed by atoms with E-state index in [4.69, 9.17) is 0 Å². The Labute approximate surface area is 74.9 Å². The van der Waals surface area contributed by atoms with Gasteiger partial charge in [0.2, 0.25) is 5.91 Å². The molecule has 1 aliphatic heterocycles. The van der Waals surface area contributed by atoms with E-state index in [0.717, 1.165) is 13.1 Å². The van der Waals surface area contributed by atoms with Crippen LogP contribution < -0.4 is 0 Å². The van der Waals surface area contributed by atoms with Gasteiger partial charge in [-0.05, 0) is 12.8 Å². The summed E-state index contributed by atoms with van der Waals surface area (Å²) in [4.78, 5) is 13.2. The molecule has 0 radical (unpaired) electrons. The molecule has 2 heteroatoms. The van der Waals surface area contributed by atoms with Crippen LogP contribution in [0.15, 0.2) is 0 Å². The van der Waals surface area contributed by atoms with Crippen molar-refractivity contribution in [3.05, 3.63) is 0 Å². The second-order valence-corrected chi connectivity index (χ2v) is 3.19. The van der Waals surface area contributed by atoms with Crippen LogP contribution in [0.1, 0.15) is 26.7 Å². The molecule has 0 spiro atoms. The van der Waals surface area contributed by atoms with E-state index in [1.165, 1.54) is 12.8 Å². The van der Waals surface area contributed by atoms with Gasteiger partial charge in [-0.2, -0.15) is 0 Å². The van der Waals surface area contributed by atoms with Gasteiger partial charge in [0, 0.05) is 19.0 Å². The molecule has 0 atom stereocenters. The minimum absolute atomic E-state index is 0.179. The van der Waals surface area contributed by atoms with E-state index in [-0.39, 0.29) is 5.92 Å². The van der Waals surface area contributed by atoms with Gasteiger partial charge in [0.25, 0.3) is 0 Å². The third kappa shape index (κ3) is 2.96. The maximum Gasteiger partial charge on any atom is 0.225 e. The molecule has 1 saturated heterocycles. The number of hydrogen-bond acceptors (Lipinski definition) is 1. The minimum atomic E-state index is 0.179. The number of carbonyl (C=O) groups is 1. The molecule has 1 fully saturated rings. The van der Waals surface area contributed by atoms with E-state index >= 15 is 0 Å². The fraction of sp³-hybridized carbons (Fsp3) is 0.700. The molecule has 0 aliphatic carbocycles. The number of rotatable bonds is 1. The van der Waals surface area contributed by atoms with E-state index in [1.807, 2.05) is 18.7 Å². The van der Waals surface area contributed by atoms with Crippen molar-refractivity contribution in [2.24, 2.45) is 5.92 Å². The summed E-state index contributed by atoms with van der Waals surface area (Å²) in [5, 5.41) is 0. The van der Waals surface area contributed by atoms with Gasteiger partial charge in [0.15, 0.2) is 0 Å². The fourth-order valence-corrected chi connectivity index (χ4v) is 1.30. The SMILES string of the molecule is C#C.CC(C)C(=O)N1CCCC1. The Bertz CT molecular complexity index is 154. The van der Waals surface area contributed by atoms with Gasteiger partial charge in [-0.1, -0.05) is 13.8 Å². The van der Waals surface area contributed by atoms with Crippen LogP contribution >= 0.6 is 0 Å². The molecule has 1 heterocycles. The Morgan fingerprint density at radius 2 is 1.67 bits per heavy atom. The highest BCUT2D eigenvalue weighted by Crippen LogP contribution is 2.10. The van der Waals surface area contributed by atoms with E-state index in [9.17, 15) is 4.79 Å².